The number of β-amino-alcohol motifs (C(OH)–C–C–N with tert-alkyl or cyclic N) is 1. The molecule has 1 unspecified atom stereocenters. The molecule has 0 amide bonds. The maximum absolute atomic E-state index is 11.9. The van der Waals surface area contributed by atoms with Crippen molar-refractivity contribution in [2.45, 2.75) is 51.6 Å². The molecule has 5 heteroatoms. The molecule has 1 saturated carbocycles. The van der Waals surface area contributed by atoms with Crippen molar-refractivity contribution in [3.05, 3.63) is 0 Å². The van der Waals surface area contributed by atoms with Gasteiger partial charge in [0, 0.05) is 13.1 Å². The number of hydrogen-bond acceptors (Lipinski definition) is 3. The highest BCUT2D eigenvalue weighted by Gasteiger charge is 2.41. The standard InChI is InChI=1S/C13H25NO3S/c1-3-12-4-6-13(15,7-5-12)10-14-8-11(2)9-18(14,16)17/h11-12,15H,3-10H2,1-2H3. The third kappa shape index (κ3) is 3.06. The number of hydrogen-bond donors (Lipinski definition) is 1. The normalized spacial score (nSPS) is 41.1. The van der Waals surface area contributed by atoms with Gasteiger partial charge in [0.25, 0.3) is 0 Å². The van der Waals surface area contributed by atoms with Crippen LogP contribution in [0, 0.1) is 11.8 Å². The first kappa shape index (κ1) is 14.3. The number of aliphatic hydroxyl groups is 1. The van der Waals surface area contributed by atoms with Gasteiger partial charge in [0.15, 0.2) is 0 Å². The van der Waals surface area contributed by atoms with Gasteiger partial charge in [-0.25, -0.2) is 8.42 Å². The van der Waals surface area contributed by atoms with Crippen molar-refractivity contribution < 1.29 is 13.5 Å². The molecule has 1 N–H and O–H groups in total. The fourth-order valence-corrected chi connectivity index (χ4v) is 5.21. The summed E-state index contributed by atoms with van der Waals surface area (Å²) in [5.41, 5.74) is -0.789. The SMILES string of the molecule is CCC1CCC(O)(CN2CC(C)CS2(=O)=O)CC1. The summed E-state index contributed by atoms with van der Waals surface area (Å²) in [6.07, 6.45) is 4.69. The van der Waals surface area contributed by atoms with Gasteiger partial charge in [0.05, 0.1) is 11.4 Å². The molecule has 0 bridgehead atoms. The zero-order chi connectivity index (χ0) is 13.4. The Morgan fingerprint density at radius 2 is 1.94 bits per heavy atom. The third-order valence-corrected chi connectivity index (χ3v) is 6.54. The van der Waals surface area contributed by atoms with Crippen LogP contribution in [0.4, 0.5) is 0 Å². The lowest BCUT2D eigenvalue weighted by Gasteiger charge is -2.37. The van der Waals surface area contributed by atoms with Crippen LogP contribution in [0.15, 0.2) is 0 Å². The molecule has 0 spiro atoms. The molecular weight excluding hydrogens is 250 g/mol. The summed E-state index contributed by atoms with van der Waals surface area (Å²) in [6, 6.07) is 0. The van der Waals surface area contributed by atoms with Crippen LogP contribution < -0.4 is 0 Å². The first-order chi connectivity index (χ1) is 8.35. The molecule has 0 aromatic heterocycles. The minimum atomic E-state index is -3.12. The summed E-state index contributed by atoms with van der Waals surface area (Å²) < 4.78 is 25.4. The van der Waals surface area contributed by atoms with Crippen LogP contribution in [0.1, 0.15) is 46.0 Å². The van der Waals surface area contributed by atoms with Crippen LogP contribution in [0.5, 0.6) is 0 Å². The van der Waals surface area contributed by atoms with Gasteiger partial charge in [-0.2, -0.15) is 4.31 Å². The fourth-order valence-electron chi connectivity index (χ4n) is 3.25. The van der Waals surface area contributed by atoms with Crippen molar-refractivity contribution in [1.82, 2.24) is 4.31 Å². The topological polar surface area (TPSA) is 57.6 Å². The number of rotatable bonds is 3. The summed E-state index contributed by atoms with van der Waals surface area (Å²) in [5, 5.41) is 10.6. The average Bonchev–Trinajstić information content (AvgIpc) is 2.52. The van der Waals surface area contributed by atoms with Gasteiger partial charge in [-0.15, -0.1) is 0 Å². The van der Waals surface area contributed by atoms with Gasteiger partial charge in [-0.05, 0) is 37.5 Å². The Morgan fingerprint density at radius 3 is 2.39 bits per heavy atom. The summed E-state index contributed by atoms with van der Waals surface area (Å²) in [4.78, 5) is 0. The van der Waals surface area contributed by atoms with Crippen LogP contribution in [-0.2, 0) is 10.0 Å². The van der Waals surface area contributed by atoms with E-state index < -0.39 is 15.6 Å². The average molecular weight is 275 g/mol. The van der Waals surface area contributed by atoms with Gasteiger partial charge in [0.2, 0.25) is 10.0 Å². The Labute approximate surface area is 110 Å². The molecule has 1 aliphatic heterocycles. The highest BCUT2D eigenvalue weighted by Crippen LogP contribution is 2.35. The molecule has 1 heterocycles. The van der Waals surface area contributed by atoms with Crippen molar-refractivity contribution >= 4 is 10.0 Å². The molecule has 0 aromatic rings. The molecule has 0 radical (unpaired) electrons. The zero-order valence-corrected chi connectivity index (χ0v) is 12.2. The van der Waals surface area contributed by atoms with E-state index in [4.69, 9.17) is 0 Å². The minimum absolute atomic E-state index is 0.186. The van der Waals surface area contributed by atoms with Crippen LogP contribution in [0.25, 0.3) is 0 Å². The Kier molecular flexibility index (Phi) is 4.04. The predicted octanol–water partition coefficient (Wildman–Crippen LogP) is 1.60. The molecule has 18 heavy (non-hydrogen) atoms. The van der Waals surface area contributed by atoms with Crippen LogP contribution in [0.2, 0.25) is 0 Å². The molecule has 2 aliphatic rings. The Hall–Kier alpha value is -0.130. The Morgan fingerprint density at radius 1 is 1.33 bits per heavy atom. The van der Waals surface area contributed by atoms with Crippen molar-refractivity contribution in [1.29, 1.82) is 0 Å². The number of nitrogens with zero attached hydrogens (tertiary/aromatic N) is 1. The second-order valence-electron chi connectivity index (χ2n) is 6.25. The summed E-state index contributed by atoms with van der Waals surface area (Å²) in [5.74, 6) is 1.13. The predicted molar refractivity (Wildman–Crippen MR) is 71.7 cm³/mol. The Bertz CT molecular complexity index is 385. The second-order valence-corrected chi connectivity index (χ2v) is 8.27. The van der Waals surface area contributed by atoms with E-state index in [1.165, 1.54) is 4.31 Å². The minimum Gasteiger partial charge on any atom is -0.389 e. The van der Waals surface area contributed by atoms with E-state index in [1.54, 1.807) is 0 Å². The largest absolute Gasteiger partial charge is 0.389 e. The van der Waals surface area contributed by atoms with Crippen LogP contribution >= 0.6 is 0 Å². The van der Waals surface area contributed by atoms with Crippen LogP contribution in [-0.4, -0.2) is 42.3 Å². The lowest BCUT2D eigenvalue weighted by molar-refractivity contribution is -0.0223. The van der Waals surface area contributed by atoms with E-state index in [1.807, 2.05) is 6.92 Å². The maximum atomic E-state index is 11.9. The number of sulfonamides is 1. The van der Waals surface area contributed by atoms with Gasteiger partial charge in [-0.3, -0.25) is 0 Å². The van der Waals surface area contributed by atoms with E-state index in [9.17, 15) is 13.5 Å². The first-order valence-corrected chi connectivity index (χ1v) is 8.66. The smallest absolute Gasteiger partial charge is 0.214 e. The van der Waals surface area contributed by atoms with Crippen molar-refractivity contribution in [3.63, 3.8) is 0 Å². The lowest BCUT2D eigenvalue weighted by Crippen LogP contribution is -2.46. The van der Waals surface area contributed by atoms with Crippen LogP contribution in [0.3, 0.4) is 0 Å². The molecule has 1 aliphatic carbocycles. The summed E-state index contributed by atoms with van der Waals surface area (Å²) >= 11 is 0. The molecule has 2 rings (SSSR count). The zero-order valence-electron chi connectivity index (χ0n) is 11.4. The van der Waals surface area contributed by atoms with E-state index in [2.05, 4.69) is 6.92 Å². The lowest BCUT2D eigenvalue weighted by atomic mass is 9.78. The Balaban J connectivity index is 1.97. The third-order valence-electron chi connectivity index (χ3n) is 4.49. The molecular formula is C13H25NO3S. The van der Waals surface area contributed by atoms with E-state index in [0.29, 0.717) is 19.0 Å². The van der Waals surface area contributed by atoms with Gasteiger partial charge >= 0.3 is 0 Å². The van der Waals surface area contributed by atoms with Gasteiger partial charge in [0.1, 0.15) is 0 Å². The summed E-state index contributed by atoms with van der Waals surface area (Å²) in [6.45, 7) is 5.01. The molecule has 2 fully saturated rings. The van der Waals surface area contributed by atoms with E-state index >= 15 is 0 Å². The highest BCUT2D eigenvalue weighted by atomic mass is 32.2. The van der Waals surface area contributed by atoms with Crippen molar-refractivity contribution in [3.8, 4) is 0 Å². The molecule has 1 saturated heterocycles. The van der Waals surface area contributed by atoms with E-state index in [-0.39, 0.29) is 11.7 Å². The maximum Gasteiger partial charge on any atom is 0.214 e. The molecule has 1 atom stereocenters. The molecule has 0 aromatic carbocycles. The molecule has 4 nitrogen and oxygen atoms in total. The van der Waals surface area contributed by atoms with Crippen molar-refractivity contribution in [2.24, 2.45) is 11.8 Å². The fraction of sp³-hybridized carbons (Fsp3) is 1.00. The summed E-state index contributed by atoms with van der Waals surface area (Å²) in [7, 11) is -3.12. The first-order valence-electron chi connectivity index (χ1n) is 7.05. The molecule has 106 valence electrons. The van der Waals surface area contributed by atoms with Gasteiger partial charge < -0.3 is 5.11 Å². The monoisotopic (exact) mass is 275 g/mol. The van der Waals surface area contributed by atoms with E-state index in [0.717, 1.165) is 32.1 Å². The van der Waals surface area contributed by atoms with Gasteiger partial charge in [-0.1, -0.05) is 20.3 Å². The quantitative estimate of drug-likeness (QED) is 0.851. The second kappa shape index (κ2) is 5.10. The highest BCUT2D eigenvalue weighted by molar-refractivity contribution is 7.89. The van der Waals surface area contributed by atoms with Crippen molar-refractivity contribution in [2.75, 3.05) is 18.8 Å².